The maximum atomic E-state index is 14.9. The van der Waals surface area contributed by atoms with Gasteiger partial charge in [0.15, 0.2) is 11.9 Å². The number of unbranched alkanes of at least 4 members (excludes halogenated alkanes) is 1. The number of likely N-dealkylation sites (tertiary alicyclic amines) is 1. The van der Waals surface area contributed by atoms with Crippen LogP contribution in [0.5, 0.6) is 0 Å². The lowest BCUT2D eigenvalue weighted by Crippen LogP contribution is -2.62. The molecule has 1 heterocycles. The molecule has 0 unspecified atom stereocenters. The van der Waals surface area contributed by atoms with Crippen LogP contribution in [0.25, 0.3) is 0 Å². The Morgan fingerprint density at radius 3 is 1.17 bits per heavy atom. The first-order chi connectivity index (χ1) is 68.6. The summed E-state index contributed by atoms with van der Waals surface area (Å²) in [7, 11) is 0. The Morgan fingerprint density at radius 1 is 0.384 bits per heavy atom. The molecule has 42 N–H and O–H groups in total. The zero-order chi connectivity index (χ0) is 110. The zero-order valence-corrected chi connectivity index (χ0v) is 82.7. The van der Waals surface area contributed by atoms with Gasteiger partial charge < -0.3 is 177 Å². The summed E-state index contributed by atoms with van der Waals surface area (Å²) in [6.07, 6.45) is -6.27. The Morgan fingerprint density at radius 2 is 0.740 bits per heavy atom. The van der Waals surface area contributed by atoms with Gasteiger partial charge in [0.05, 0.1) is 45.3 Å². The van der Waals surface area contributed by atoms with Crippen LogP contribution in [0.4, 0.5) is 0 Å². The van der Waals surface area contributed by atoms with Crippen molar-refractivity contribution in [3.8, 4) is 0 Å². The van der Waals surface area contributed by atoms with E-state index in [2.05, 4.69) is 95.7 Å². The second-order valence-corrected chi connectivity index (χ2v) is 35.8. The molecule has 818 valence electrons. The van der Waals surface area contributed by atoms with Crippen LogP contribution in [-0.4, -0.2) is 345 Å². The van der Waals surface area contributed by atoms with Crippen LogP contribution in [0.3, 0.4) is 0 Å². The van der Waals surface area contributed by atoms with Crippen molar-refractivity contribution in [3.05, 3.63) is 35.9 Å². The normalized spacial score (nSPS) is 15.8. The van der Waals surface area contributed by atoms with Gasteiger partial charge in [0, 0.05) is 45.3 Å². The molecule has 0 aromatic heterocycles. The van der Waals surface area contributed by atoms with E-state index in [-0.39, 0.29) is 115 Å². The molecular weight excluding hydrogens is 1930 g/mol. The van der Waals surface area contributed by atoms with Gasteiger partial charge in [-0.2, -0.15) is 0 Å². The van der Waals surface area contributed by atoms with Crippen molar-refractivity contribution in [1.82, 2.24) is 101 Å². The predicted octanol–water partition coefficient (Wildman–Crippen LogP) is -13.7. The van der Waals surface area contributed by atoms with Gasteiger partial charge in [-0.25, -0.2) is 4.79 Å². The summed E-state index contributed by atoms with van der Waals surface area (Å²) < 4.78 is 0. The van der Waals surface area contributed by atoms with Gasteiger partial charge in [-0.15, -0.1) is 0 Å². The third kappa shape index (κ3) is 47.7. The Kier molecular flexibility index (Phi) is 57.8. The number of carbonyl (C=O) groups excluding carboxylic acids is 21. The lowest BCUT2D eigenvalue weighted by molar-refractivity contribution is -0.143. The minimum atomic E-state index is -2.22. The lowest BCUT2D eigenvalue weighted by atomic mass is 9.95. The number of hydrogen-bond donors (Lipinski definition) is 34. The molecule has 1 aliphatic heterocycles. The first-order valence-electron chi connectivity index (χ1n) is 47.5. The summed E-state index contributed by atoms with van der Waals surface area (Å²) in [5.74, 6) is -29.4. The highest BCUT2D eigenvalue weighted by Crippen LogP contribution is 2.22. The van der Waals surface area contributed by atoms with Gasteiger partial charge in [0.1, 0.15) is 103 Å². The lowest BCUT2D eigenvalue weighted by Gasteiger charge is -2.31. The molecule has 1 aliphatic rings. The number of benzene rings is 1. The van der Waals surface area contributed by atoms with Gasteiger partial charge in [0.2, 0.25) is 124 Å². The number of aliphatic carboxylic acids is 2. The molecule has 1 aromatic carbocycles. The number of nitrogens with one attached hydrogen (secondary N) is 20. The van der Waals surface area contributed by atoms with Gasteiger partial charge >= 0.3 is 11.9 Å². The Labute approximate surface area is 841 Å². The number of hydrogen-bond acceptors (Lipinski definition) is 31. The number of aliphatic hydroxyl groups is 4. The van der Waals surface area contributed by atoms with Crippen LogP contribution in [-0.2, 0) is 117 Å². The average Bonchev–Trinajstić information content (AvgIpc) is 1.63. The van der Waals surface area contributed by atoms with Crippen LogP contribution in [0, 0.1) is 28.6 Å². The second kappa shape index (κ2) is 66.3. The van der Waals surface area contributed by atoms with E-state index in [1.54, 1.807) is 71.9 Å². The monoisotopic (exact) mass is 2070 g/mol. The minimum Gasteiger partial charge on any atom is -0.481 e. The van der Waals surface area contributed by atoms with E-state index in [9.17, 15) is 141 Å². The number of carboxylic acid groups (broad SMARTS) is 2. The fraction of sp³-hybridized carbons (Fsp3) is 0.648. The third-order valence-electron chi connectivity index (χ3n) is 22.7. The Bertz CT molecular complexity index is 4650. The number of carbonyl (C=O) groups is 23. The van der Waals surface area contributed by atoms with Gasteiger partial charge in [-0.3, -0.25) is 116 Å². The van der Waals surface area contributed by atoms with Crippen LogP contribution < -0.4 is 142 Å². The van der Waals surface area contributed by atoms with E-state index >= 15 is 0 Å². The largest absolute Gasteiger partial charge is 0.481 e. The van der Waals surface area contributed by atoms with Crippen LogP contribution in [0.2, 0.25) is 0 Å². The maximum Gasteiger partial charge on any atom is 0.326 e. The van der Waals surface area contributed by atoms with Crippen molar-refractivity contribution in [2.45, 2.75) is 292 Å². The smallest absolute Gasteiger partial charge is 0.326 e. The summed E-state index contributed by atoms with van der Waals surface area (Å²) in [6, 6.07) is -23.2. The third-order valence-corrected chi connectivity index (χ3v) is 22.7. The number of carboxylic acids is 2. The van der Waals surface area contributed by atoms with E-state index in [1.165, 1.54) is 0 Å². The van der Waals surface area contributed by atoms with Crippen molar-refractivity contribution in [2.24, 2.45) is 63.6 Å². The zero-order valence-electron chi connectivity index (χ0n) is 82.7. The molecule has 0 saturated carbocycles. The Hall–Kier alpha value is -14.7. The molecule has 146 heavy (non-hydrogen) atoms. The number of primary amides is 4. The van der Waals surface area contributed by atoms with Crippen molar-refractivity contribution in [3.63, 3.8) is 0 Å². The molecule has 1 aromatic rings. The first kappa shape index (κ1) is 127. The molecule has 0 radical (unpaired) electrons. The molecule has 1 saturated heterocycles. The number of aliphatic hydroxyl groups excluding tert-OH is 4. The highest BCUT2D eigenvalue weighted by Gasteiger charge is 2.44. The van der Waals surface area contributed by atoms with Crippen LogP contribution in [0.15, 0.2) is 30.3 Å². The molecule has 19 atom stereocenters. The van der Waals surface area contributed by atoms with Gasteiger partial charge in [0.25, 0.3) is 0 Å². The van der Waals surface area contributed by atoms with Crippen molar-refractivity contribution in [1.29, 1.82) is 10.8 Å². The van der Waals surface area contributed by atoms with E-state index in [1.807, 2.05) is 0 Å². The standard InChI is InChI=1S/C88H147N29O29/c1-8-44(6)68(84(143)111-54(34-43(4)5)75(134)114-61(41-121)82(141)115-60(40-120)81(140)106-52(86(145)146)19-12-13-29-89)116-78(137)55(35-46-17-10-9-11-18-46)109-72(131)49(24-27-64(92)123)103-71(130)48(20-14-30-99-87(95)96)102-77(136)57(37-67(126)127)110-73(132)50(25-28-65(93)124)104-83(142)62-22-16-32-117(62)85(144)51(21-15-31-100-88(97)98)105-80(139)59(39-119)112-69(128)45(7)101-79(138)58(38-118)113-74(133)53(33-42(2)3)108-76(135)56(36-66(94)125)107-70(129)47(90)23-26-63(91)122/h9-11,17-18,42-45,47-62,68,118-121H,8,12-16,19-41,89-90H2,1-7H3,(H2,91,122)(H2,92,123)(H2,93,124)(H2,94,125)(H,101,138)(H,102,136)(H,103,130)(H,104,142)(H,105,139)(H,106,140)(H,107,129)(H,108,135)(H,109,131)(H,110,132)(H,111,143)(H,112,128)(H,113,133)(H,114,134)(H,115,141)(H,116,137)(H,126,127)(H,145,146)(H4,95,96,99)(H4,97,98,100)/t44-,45-,47-,48-,49-,50-,51-,52-,53-,54-,55-,56-,57-,58-,59-,60-,61-,62-,68-/m0/s1. The molecular formula is C88H147N29O29. The van der Waals surface area contributed by atoms with E-state index < -0.39 is 334 Å². The van der Waals surface area contributed by atoms with Crippen molar-refractivity contribution < 1.29 is 141 Å². The summed E-state index contributed by atoms with van der Waals surface area (Å²) in [4.78, 5) is 314. The summed E-state index contributed by atoms with van der Waals surface area (Å²) in [5, 5.41) is 119. The predicted molar refractivity (Wildman–Crippen MR) is 516 cm³/mol. The van der Waals surface area contributed by atoms with Crippen molar-refractivity contribution in [2.75, 3.05) is 52.6 Å². The number of amides is 21. The highest BCUT2D eigenvalue weighted by atomic mass is 16.4. The molecule has 0 aliphatic carbocycles. The molecule has 1 fully saturated rings. The topological polar surface area (TPSA) is 990 Å². The number of rotatable bonds is 71. The molecule has 58 heteroatoms. The fourth-order valence-electron chi connectivity index (χ4n) is 14.6. The van der Waals surface area contributed by atoms with E-state index in [4.69, 9.17) is 56.7 Å². The molecule has 58 nitrogen and oxygen atoms in total. The molecule has 0 spiro atoms. The number of nitrogens with two attached hydrogens (primary N) is 8. The number of nitrogens with zero attached hydrogens (tertiary/aromatic N) is 1. The minimum absolute atomic E-state index is 0.0556. The van der Waals surface area contributed by atoms with Crippen LogP contribution >= 0.6 is 0 Å². The Balaban J connectivity index is 2.58. The summed E-state index contributed by atoms with van der Waals surface area (Å²) >= 11 is 0. The van der Waals surface area contributed by atoms with E-state index in [0.29, 0.717) is 18.4 Å². The van der Waals surface area contributed by atoms with E-state index in [0.717, 1.165) is 11.8 Å². The summed E-state index contributed by atoms with van der Waals surface area (Å²) in [6.45, 7) is 6.09. The molecule has 2 rings (SSSR count). The van der Waals surface area contributed by atoms with Crippen LogP contribution in [0.1, 0.15) is 182 Å². The molecule has 21 amide bonds. The number of guanidine groups is 2. The average molecular weight is 2080 g/mol. The SMILES string of the molecule is CC[C@H](C)[C@H](NC(=O)[C@H](Cc1ccccc1)NC(=O)[C@H](CCC(N)=O)NC(=O)[C@H](CCCNC(=N)N)NC(=O)[C@H](CC(=O)O)NC(=O)[C@H](CCC(N)=O)NC(=O)[C@@H]1CCCN1C(=O)[C@H](CCCNC(=N)N)NC(=O)[C@H](CO)NC(=O)[C@H](C)NC(=O)[C@H](CO)NC(=O)[C@H](CC(C)C)NC(=O)[C@H](CC(N)=O)NC(=O)[C@@H](N)CCC(N)=O)C(=O)N[C@@H](CC(C)C)C(=O)N[C@@H](CO)C(=O)N[C@@H](CO)C(=O)N[C@@H](CCCCN)C(=O)O. The van der Waals surface area contributed by atoms with Gasteiger partial charge in [-0.1, -0.05) is 78.3 Å². The highest BCUT2D eigenvalue weighted by molar-refractivity contribution is 6.03. The fourth-order valence-corrected chi connectivity index (χ4v) is 14.6. The van der Waals surface area contributed by atoms with Crippen molar-refractivity contribution >= 4 is 148 Å². The maximum absolute atomic E-state index is 14.9. The quantitative estimate of drug-likeness (QED) is 0.0164. The molecule has 0 bridgehead atoms. The van der Waals surface area contributed by atoms with Gasteiger partial charge in [-0.05, 0) is 127 Å². The first-order valence-corrected chi connectivity index (χ1v) is 47.5. The second-order valence-electron chi connectivity index (χ2n) is 35.8. The summed E-state index contributed by atoms with van der Waals surface area (Å²) in [5.41, 5.74) is 44.3.